The van der Waals surface area contributed by atoms with Crippen LogP contribution >= 0.6 is 0 Å². The van der Waals surface area contributed by atoms with E-state index in [4.69, 9.17) is 4.74 Å². The largest absolute Gasteiger partial charge is 0.497 e. The SMILES string of the molecule is CC.CC/C=C(/C=C\CCC)CNC(=O)c1cnc2c(C3=CCC(C)(F)CC3)cc(OC)cc2c1. The summed E-state index contributed by atoms with van der Waals surface area (Å²) in [7, 11) is 1.62. The van der Waals surface area contributed by atoms with Crippen molar-refractivity contribution in [2.45, 2.75) is 78.8 Å². The van der Waals surface area contributed by atoms with E-state index >= 15 is 0 Å². The lowest BCUT2D eigenvalue weighted by Gasteiger charge is -2.25. The van der Waals surface area contributed by atoms with Crippen molar-refractivity contribution in [3.8, 4) is 5.75 Å². The Balaban J connectivity index is 0.00000210. The molecule has 4 nitrogen and oxygen atoms in total. The Kier molecular flexibility index (Phi) is 11.2. The van der Waals surface area contributed by atoms with Gasteiger partial charge in [0, 0.05) is 23.7 Å². The number of hydrogen-bond acceptors (Lipinski definition) is 3. The monoisotopic (exact) mass is 480 g/mol. The standard InChI is InChI=1S/C28H35FN2O2.C2H6/c1-5-7-8-10-20(9-6-2)18-31-27(32)23-15-22-16-24(33-4)17-25(26(22)30-19-23)21-11-13-28(3,29)14-12-21;1-2/h8-11,15-17,19H,5-7,12-14,18H2,1-4H3,(H,31,32);1-2H3/b10-8-,20-9-;. The molecule has 1 aromatic heterocycles. The number of nitrogens with zero attached hydrogens (tertiary/aromatic N) is 1. The van der Waals surface area contributed by atoms with Gasteiger partial charge in [0.2, 0.25) is 0 Å². The number of methoxy groups -OCH3 is 1. The highest BCUT2D eigenvalue weighted by Gasteiger charge is 2.27. The van der Waals surface area contributed by atoms with Crippen LogP contribution in [0.3, 0.4) is 0 Å². The van der Waals surface area contributed by atoms with Crippen molar-refractivity contribution in [1.29, 1.82) is 0 Å². The van der Waals surface area contributed by atoms with E-state index in [0.717, 1.165) is 46.9 Å². The van der Waals surface area contributed by atoms with Gasteiger partial charge in [-0.3, -0.25) is 9.78 Å². The lowest BCUT2D eigenvalue weighted by atomic mass is 9.85. The molecule has 1 aromatic carbocycles. The van der Waals surface area contributed by atoms with Crippen molar-refractivity contribution < 1.29 is 13.9 Å². The summed E-state index contributed by atoms with van der Waals surface area (Å²) in [6.45, 7) is 10.4. The van der Waals surface area contributed by atoms with Crippen LogP contribution in [0, 0.1) is 0 Å². The second kappa shape index (κ2) is 13.8. The molecular formula is C30H41FN2O2. The summed E-state index contributed by atoms with van der Waals surface area (Å²) in [5, 5.41) is 3.84. The lowest BCUT2D eigenvalue weighted by molar-refractivity contribution is 0.0957. The molecular weight excluding hydrogens is 439 g/mol. The number of alkyl halides is 1. The quantitative estimate of drug-likeness (QED) is 0.370. The van der Waals surface area contributed by atoms with E-state index in [2.05, 4.69) is 42.4 Å². The fourth-order valence-corrected chi connectivity index (χ4v) is 4.04. The minimum Gasteiger partial charge on any atom is -0.497 e. The molecule has 3 rings (SSSR count). The van der Waals surface area contributed by atoms with Gasteiger partial charge in [-0.1, -0.05) is 58.4 Å². The molecule has 1 amide bonds. The van der Waals surface area contributed by atoms with Crippen LogP contribution in [-0.2, 0) is 0 Å². The van der Waals surface area contributed by atoms with Crippen molar-refractivity contribution in [2.24, 2.45) is 0 Å². The molecule has 0 spiro atoms. The van der Waals surface area contributed by atoms with E-state index in [-0.39, 0.29) is 5.91 Å². The Morgan fingerprint density at radius 1 is 1.26 bits per heavy atom. The van der Waals surface area contributed by atoms with Gasteiger partial charge in [0.1, 0.15) is 11.4 Å². The van der Waals surface area contributed by atoms with E-state index in [1.165, 1.54) is 0 Å². The zero-order valence-corrected chi connectivity index (χ0v) is 22.2. The number of hydrogen-bond donors (Lipinski definition) is 1. The molecule has 2 aromatic rings. The van der Waals surface area contributed by atoms with Crippen molar-refractivity contribution in [1.82, 2.24) is 10.3 Å². The smallest absolute Gasteiger partial charge is 0.253 e. The first-order valence-corrected chi connectivity index (χ1v) is 12.9. The predicted octanol–water partition coefficient (Wildman–Crippen LogP) is 7.99. The highest BCUT2D eigenvalue weighted by Crippen LogP contribution is 2.38. The number of allylic oxidation sites excluding steroid dienone is 4. The first-order valence-electron chi connectivity index (χ1n) is 12.9. The number of ether oxygens (including phenoxy) is 1. The molecule has 5 heteroatoms. The van der Waals surface area contributed by atoms with Crippen LogP contribution in [0.15, 0.2) is 54.3 Å². The molecule has 1 heterocycles. The number of rotatable bonds is 9. The molecule has 0 saturated carbocycles. The Hall–Kier alpha value is -2.95. The maximum Gasteiger partial charge on any atom is 0.253 e. The predicted molar refractivity (Wildman–Crippen MR) is 146 cm³/mol. The van der Waals surface area contributed by atoms with Gasteiger partial charge in [0.25, 0.3) is 5.91 Å². The molecule has 0 fully saturated rings. The van der Waals surface area contributed by atoms with E-state index in [0.29, 0.717) is 37.1 Å². The third-order valence-electron chi connectivity index (χ3n) is 6.00. The average Bonchev–Trinajstić information content (AvgIpc) is 2.87. The zero-order valence-electron chi connectivity index (χ0n) is 22.2. The number of amides is 1. The van der Waals surface area contributed by atoms with E-state index < -0.39 is 5.67 Å². The number of aromatic nitrogens is 1. The topological polar surface area (TPSA) is 51.2 Å². The summed E-state index contributed by atoms with van der Waals surface area (Å²) in [5.74, 6) is 0.533. The van der Waals surface area contributed by atoms with E-state index in [1.807, 2.05) is 38.1 Å². The summed E-state index contributed by atoms with van der Waals surface area (Å²) in [6.07, 6.45) is 14.5. The molecule has 1 unspecified atom stereocenters. The van der Waals surface area contributed by atoms with Crippen molar-refractivity contribution >= 4 is 22.4 Å². The van der Waals surface area contributed by atoms with Crippen LogP contribution in [0.2, 0.25) is 0 Å². The number of unbranched alkanes of at least 4 members (excludes halogenated alkanes) is 1. The molecule has 0 radical (unpaired) electrons. The minimum atomic E-state index is -1.16. The number of carbonyl (C=O) groups is 1. The van der Waals surface area contributed by atoms with Gasteiger partial charge in [-0.15, -0.1) is 0 Å². The van der Waals surface area contributed by atoms with Crippen LogP contribution in [0.25, 0.3) is 16.5 Å². The summed E-state index contributed by atoms with van der Waals surface area (Å²) >= 11 is 0. The van der Waals surface area contributed by atoms with Crippen molar-refractivity contribution in [3.05, 3.63) is 65.4 Å². The summed E-state index contributed by atoms with van der Waals surface area (Å²) in [6, 6.07) is 5.69. The molecule has 1 N–H and O–H groups in total. The van der Waals surface area contributed by atoms with Gasteiger partial charge < -0.3 is 10.1 Å². The molecule has 1 aliphatic carbocycles. The third kappa shape index (κ3) is 8.05. The Morgan fingerprint density at radius 3 is 2.66 bits per heavy atom. The third-order valence-corrected chi connectivity index (χ3v) is 6.00. The van der Waals surface area contributed by atoms with Gasteiger partial charge in [-0.05, 0) is 68.4 Å². The van der Waals surface area contributed by atoms with E-state index in [1.54, 1.807) is 20.2 Å². The second-order valence-corrected chi connectivity index (χ2v) is 8.88. The van der Waals surface area contributed by atoms with Crippen LogP contribution < -0.4 is 10.1 Å². The van der Waals surface area contributed by atoms with Crippen LogP contribution in [0.4, 0.5) is 4.39 Å². The average molecular weight is 481 g/mol. The summed E-state index contributed by atoms with van der Waals surface area (Å²) in [4.78, 5) is 17.5. The molecule has 1 atom stereocenters. The fourth-order valence-electron chi connectivity index (χ4n) is 4.04. The van der Waals surface area contributed by atoms with Crippen LogP contribution in [0.5, 0.6) is 5.75 Å². The van der Waals surface area contributed by atoms with Crippen molar-refractivity contribution in [3.63, 3.8) is 0 Å². The van der Waals surface area contributed by atoms with Gasteiger partial charge in [-0.25, -0.2) is 4.39 Å². The van der Waals surface area contributed by atoms with Gasteiger partial charge in [-0.2, -0.15) is 0 Å². The lowest BCUT2D eigenvalue weighted by Crippen LogP contribution is -2.25. The molecule has 0 bridgehead atoms. The Morgan fingerprint density at radius 2 is 2.03 bits per heavy atom. The fraction of sp³-hybridized carbons (Fsp3) is 0.467. The first kappa shape index (κ1) is 28.3. The van der Waals surface area contributed by atoms with Crippen LogP contribution in [-0.4, -0.2) is 30.2 Å². The maximum atomic E-state index is 14.3. The molecule has 0 aliphatic heterocycles. The number of carbonyl (C=O) groups excluding carboxylic acids is 1. The Labute approximate surface area is 210 Å². The number of halogens is 1. The van der Waals surface area contributed by atoms with E-state index in [9.17, 15) is 9.18 Å². The molecule has 35 heavy (non-hydrogen) atoms. The van der Waals surface area contributed by atoms with Gasteiger partial charge in [0.15, 0.2) is 0 Å². The molecule has 0 saturated heterocycles. The normalized spacial score (nSPS) is 18.1. The highest BCUT2D eigenvalue weighted by atomic mass is 19.1. The first-order chi connectivity index (χ1) is 16.9. The van der Waals surface area contributed by atoms with Crippen LogP contribution in [0.1, 0.15) is 89.1 Å². The number of nitrogens with one attached hydrogen (secondary N) is 1. The zero-order chi connectivity index (χ0) is 25.8. The number of pyridine rings is 1. The maximum absolute atomic E-state index is 14.3. The second-order valence-electron chi connectivity index (χ2n) is 8.88. The minimum absolute atomic E-state index is 0.162. The number of fused-ring (bicyclic) bond motifs is 1. The summed E-state index contributed by atoms with van der Waals surface area (Å²) < 4.78 is 19.8. The van der Waals surface area contributed by atoms with Gasteiger partial charge >= 0.3 is 0 Å². The van der Waals surface area contributed by atoms with Gasteiger partial charge in [0.05, 0.1) is 18.2 Å². The molecule has 1 aliphatic rings. The highest BCUT2D eigenvalue weighted by molar-refractivity contribution is 6.00. The van der Waals surface area contributed by atoms with Crippen molar-refractivity contribution in [2.75, 3.05) is 13.7 Å². The molecule has 190 valence electrons. The Bertz CT molecular complexity index is 1080. The summed E-state index contributed by atoms with van der Waals surface area (Å²) in [5.41, 5.74) is 3.27. The number of benzene rings is 1.